The lowest BCUT2D eigenvalue weighted by Crippen LogP contribution is -2.37. The average Bonchev–Trinajstić information content (AvgIpc) is 2.78. The summed E-state index contributed by atoms with van der Waals surface area (Å²) in [5.74, 6) is -1.52. The van der Waals surface area contributed by atoms with Crippen LogP contribution >= 0.6 is 11.3 Å². The van der Waals surface area contributed by atoms with Gasteiger partial charge in [0.15, 0.2) is 5.69 Å². The van der Waals surface area contributed by atoms with Crippen molar-refractivity contribution < 1.29 is 19.5 Å². The second kappa shape index (κ2) is 5.48. The maximum absolute atomic E-state index is 11.9. The number of nitrogens with zero attached hydrogens (tertiary/aromatic N) is 2. The van der Waals surface area contributed by atoms with Crippen LogP contribution in [-0.4, -0.2) is 32.8 Å². The fourth-order valence-corrected chi connectivity index (χ4v) is 2.89. The minimum Gasteiger partial charge on any atom is -0.476 e. The number of thiazole rings is 1. The Kier molecular flexibility index (Phi) is 3.94. The molecule has 1 unspecified atom stereocenters. The second-order valence-corrected chi connectivity index (χ2v) is 5.31. The van der Waals surface area contributed by atoms with E-state index in [2.05, 4.69) is 4.98 Å². The van der Waals surface area contributed by atoms with Gasteiger partial charge in [-0.2, -0.15) is 0 Å². The molecule has 1 aromatic rings. The smallest absolute Gasteiger partial charge is 0.355 e. The molecule has 1 atom stereocenters. The van der Waals surface area contributed by atoms with Crippen LogP contribution in [0, 0.1) is 0 Å². The Morgan fingerprint density at radius 1 is 1.37 bits per heavy atom. The zero-order chi connectivity index (χ0) is 14.0. The molecule has 0 aliphatic carbocycles. The van der Waals surface area contributed by atoms with Gasteiger partial charge in [0.25, 0.3) is 0 Å². The molecule has 0 spiro atoms. The highest BCUT2D eigenvalue weighted by Crippen LogP contribution is 2.27. The van der Waals surface area contributed by atoms with Crippen LogP contribution in [0.2, 0.25) is 0 Å². The van der Waals surface area contributed by atoms with Gasteiger partial charge in [-0.05, 0) is 19.8 Å². The van der Waals surface area contributed by atoms with E-state index >= 15 is 0 Å². The molecule has 0 saturated carbocycles. The van der Waals surface area contributed by atoms with Gasteiger partial charge < -0.3 is 5.11 Å². The fraction of sp³-hybridized carbons (Fsp3) is 0.500. The molecule has 1 fully saturated rings. The minimum absolute atomic E-state index is 0.0541. The molecule has 2 amide bonds. The second-order valence-electron chi connectivity index (χ2n) is 4.42. The third-order valence-corrected chi connectivity index (χ3v) is 4.07. The first-order chi connectivity index (χ1) is 9.00. The highest BCUT2D eigenvalue weighted by molar-refractivity contribution is 7.09. The van der Waals surface area contributed by atoms with Crippen molar-refractivity contribution in [2.24, 2.45) is 0 Å². The molecule has 1 aromatic heterocycles. The fourth-order valence-electron chi connectivity index (χ4n) is 2.05. The number of carbonyl (C=O) groups is 3. The molecule has 1 aliphatic heterocycles. The topological polar surface area (TPSA) is 87.6 Å². The van der Waals surface area contributed by atoms with Crippen LogP contribution in [-0.2, 0) is 9.59 Å². The lowest BCUT2D eigenvalue weighted by Gasteiger charge is -2.24. The molecule has 7 heteroatoms. The van der Waals surface area contributed by atoms with Crippen LogP contribution in [0.5, 0.6) is 0 Å². The molecular weight excluding hydrogens is 268 g/mol. The van der Waals surface area contributed by atoms with E-state index in [-0.39, 0.29) is 17.5 Å². The van der Waals surface area contributed by atoms with E-state index in [0.717, 1.165) is 11.3 Å². The highest BCUT2D eigenvalue weighted by atomic mass is 32.1. The van der Waals surface area contributed by atoms with Crippen LogP contribution in [0.25, 0.3) is 0 Å². The Hall–Kier alpha value is -1.76. The number of carbonyl (C=O) groups excluding carboxylic acids is 2. The zero-order valence-electron chi connectivity index (χ0n) is 10.5. The molecule has 0 radical (unpaired) electrons. The van der Waals surface area contributed by atoms with Gasteiger partial charge in [-0.25, -0.2) is 9.78 Å². The Balaban J connectivity index is 2.24. The summed E-state index contributed by atoms with van der Waals surface area (Å²) in [6.45, 7) is 1.70. The van der Waals surface area contributed by atoms with E-state index < -0.39 is 12.0 Å². The predicted octanol–water partition coefficient (Wildman–Crippen LogP) is 1.83. The summed E-state index contributed by atoms with van der Waals surface area (Å²) in [7, 11) is 0. The van der Waals surface area contributed by atoms with Gasteiger partial charge in [0.1, 0.15) is 5.01 Å². The monoisotopic (exact) mass is 282 g/mol. The number of imide groups is 1. The third kappa shape index (κ3) is 2.81. The normalized spacial score (nSPS) is 18.3. The molecule has 102 valence electrons. The van der Waals surface area contributed by atoms with Crippen molar-refractivity contribution in [3.63, 3.8) is 0 Å². The Morgan fingerprint density at radius 2 is 1.95 bits per heavy atom. The number of amides is 2. The lowest BCUT2D eigenvalue weighted by atomic mass is 10.2. The zero-order valence-corrected chi connectivity index (χ0v) is 11.3. The molecule has 19 heavy (non-hydrogen) atoms. The van der Waals surface area contributed by atoms with Crippen molar-refractivity contribution >= 4 is 29.1 Å². The maximum atomic E-state index is 11.9. The van der Waals surface area contributed by atoms with E-state index in [9.17, 15) is 14.4 Å². The molecule has 1 saturated heterocycles. The molecule has 1 N–H and O–H groups in total. The quantitative estimate of drug-likeness (QED) is 0.854. The first-order valence-electron chi connectivity index (χ1n) is 6.04. The first-order valence-corrected chi connectivity index (χ1v) is 6.92. The van der Waals surface area contributed by atoms with Crippen LogP contribution in [0.3, 0.4) is 0 Å². The van der Waals surface area contributed by atoms with Crippen molar-refractivity contribution in [2.75, 3.05) is 0 Å². The maximum Gasteiger partial charge on any atom is 0.355 e. The summed E-state index contributed by atoms with van der Waals surface area (Å²) >= 11 is 1.15. The van der Waals surface area contributed by atoms with Crippen molar-refractivity contribution in [1.29, 1.82) is 0 Å². The van der Waals surface area contributed by atoms with Gasteiger partial charge in [0.2, 0.25) is 11.8 Å². The van der Waals surface area contributed by atoms with Crippen molar-refractivity contribution in [1.82, 2.24) is 9.88 Å². The van der Waals surface area contributed by atoms with E-state index in [4.69, 9.17) is 5.11 Å². The van der Waals surface area contributed by atoms with Gasteiger partial charge in [-0.3, -0.25) is 14.5 Å². The number of carboxylic acid groups (broad SMARTS) is 1. The molecule has 2 heterocycles. The van der Waals surface area contributed by atoms with Gasteiger partial charge in [-0.1, -0.05) is 0 Å². The lowest BCUT2D eigenvalue weighted by molar-refractivity contribution is -0.146. The third-order valence-electron chi connectivity index (χ3n) is 3.05. The highest BCUT2D eigenvalue weighted by Gasteiger charge is 2.31. The standard InChI is InChI=1S/C12H14N2O4S/c1-7(11-13-8(6-19-11)12(17)18)14-9(15)4-2-3-5-10(14)16/h6-7H,2-5H2,1H3,(H,17,18). The summed E-state index contributed by atoms with van der Waals surface area (Å²) in [6.07, 6.45) is 2.14. The van der Waals surface area contributed by atoms with E-state index in [0.29, 0.717) is 30.7 Å². The van der Waals surface area contributed by atoms with Crippen LogP contribution in [0.4, 0.5) is 0 Å². The molecule has 0 aromatic carbocycles. The van der Waals surface area contributed by atoms with Crippen LogP contribution < -0.4 is 0 Å². The van der Waals surface area contributed by atoms with Crippen molar-refractivity contribution in [3.05, 3.63) is 16.1 Å². The molecule has 0 bridgehead atoms. The summed E-state index contributed by atoms with van der Waals surface area (Å²) in [5.41, 5.74) is -0.0541. The Labute approximate surface area is 114 Å². The number of carboxylic acids is 1. The Bertz CT molecular complexity index is 508. The van der Waals surface area contributed by atoms with Crippen molar-refractivity contribution in [3.8, 4) is 0 Å². The molecule has 2 rings (SSSR count). The SMILES string of the molecule is CC(c1nc(C(=O)O)cs1)N1C(=O)CCCCC1=O. The summed E-state index contributed by atoms with van der Waals surface area (Å²) in [6, 6.07) is -0.504. The average molecular weight is 282 g/mol. The van der Waals surface area contributed by atoms with E-state index in [1.807, 2.05) is 0 Å². The van der Waals surface area contributed by atoms with E-state index in [1.54, 1.807) is 6.92 Å². The summed E-state index contributed by atoms with van der Waals surface area (Å²) in [4.78, 5) is 39.9. The largest absolute Gasteiger partial charge is 0.476 e. The van der Waals surface area contributed by atoms with Gasteiger partial charge >= 0.3 is 5.97 Å². The van der Waals surface area contributed by atoms with Gasteiger partial charge in [-0.15, -0.1) is 11.3 Å². The van der Waals surface area contributed by atoms with Crippen molar-refractivity contribution in [2.45, 2.75) is 38.6 Å². The minimum atomic E-state index is -1.11. The number of rotatable bonds is 3. The number of hydrogen-bond acceptors (Lipinski definition) is 5. The van der Waals surface area contributed by atoms with Crippen LogP contribution in [0.15, 0.2) is 5.38 Å². The summed E-state index contributed by atoms with van der Waals surface area (Å²) in [5, 5.41) is 10.7. The number of likely N-dealkylation sites (tertiary alicyclic amines) is 1. The first kappa shape index (κ1) is 13.7. The molecular formula is C12H14N2O4S. The molecule has 6 nitrogen and oxygen atoms in total. The Morgan fingerprint density at radius 3 is 2.42 bits per heavy atom. The van der Waals surface area contributed by atoms with Gasteiger partial charge in [0, 0.05) is 18.2 Å². The number of hydrogen-bond donors (Lipinski definition) is 1. The molecule has 1 aliphatic rings. The number of aromatic carboxylic acids is 1. The van der Waals surface area contributed by atoms with Crippen LogP contribution in [0.1, 0.15) is 54.1 Å². The van der Waals surface area contributed by atoms with E-state index in [1.165, 1.54) is 10.3 Å². The predicted molar refractivity (Wildman–Crippen MR) is 67.8 cm³/mol. The summed E-state index contributed by atoms with van der Waals surface area (Å²) < 4.78 is 0. The van der Waals surface area contributed by atoms with Gasteiger partial charge in [0.05, 0.1) is 6.04 Å². The number of aromatic nitrogens is 1.